The Morgan fingerprint density at radius 3 is 2.83 bits per heavy atom. The molecule has 2 aromatic rings. The quantitative estimate of drug-likeness (QED) is 0.373. The van der Waals surface area contributed by atoms with E-state index in [1.54, 1.807) is 18.4 Å². The smallest absolute Gasteiger partial charge is 0.191 e. The van der Waals surface area contributed by atoms with Gasteiger partial charge in [0.05, 0.1) is 10.2 Å². The zero-order valence-corrected chi connectivity index (χ0v) is 14.6. The maximum absolute atomic E-state index is 5.31. The molecule has 1 aromatic heterocycles. The summed E-state index contributed by atoms with van der Waals surface area (Å²) in [5.74, 6) is 0.813. The van der Waals surface area contributed by atoms with Crippen molar-refractivity contribution in [2.75, 3.05) is 45.2 Å². The standard InChI is InChI=1S/C16H25N5OS/c1-3-22-12-6-9-18-15(17-2)19-10-11-20-16-21-13-7-4-5-8-14(13)23-16/h4-5,7-8H,3,6,9-12H2,1-2H3,(H,20,21)(H2,17,18,19). The van der Waals surface area contributed by atoms with Crippen molar-refractivity contribution >= 4 is 32.6 Å². The van der Waals surface area contributed by atoms with Gasteiger partial charge in [-0.2, -0.15) is 0 Å². The molecule has 0 aliphatic heterocycles. The highest BCUT2D eigenvalue weighted by molar-refractivity contribution is 7.22. The van der Waals surface area contributed by atoms with Gasteiger partial charge in [-0.25, -0.2) is 4.98 Å². The highest BCUT2D eigenvalue weighted by Gasteiger charge is 2.02. The number of rotatable bonds is 9. The lowest BCUT2D eigenvalue weighted by molar-refractivity contribution is 0.145. The minimum absolute atomic E-state index is 0.768. The van der Waals surface area contributed by atoms with Crippen molar-refractivity contribution in [3.63, 3.8) is 0 Å². The molecule has 0 aliphatic carbocycles. The van der Waals surface area contributed by atoms with E-state index in [-0.39, 0.29) is 0 Å². The van der Waals surface area contributed by atoms with Crippen LogP contribution in [-0.4, -0.2) is 50.8 Å². The molecule has 0 amide bonds. The van der Waals surface area contributed by atoms with E-state index in [9.17, 15) is 0 Å². The number of guanidine groups is 1. The number of ether oxygens (including phenoxy) is 1. The van der Waals surface area contributed by atoms with Gasteiger partial charge in [0.2, 0.25) is 0 Å². The van der Waals surface area contributed by atoms with Crippen LogP contribution < -0.4 is 16.0 Å². The Morgan fingerprint density at radius 1 is 1.22 bits per heavy atom. The Balaban J connectivity index is 1.63. The number of benzene rings is 1. The van der Waals surface area contributed by atoms with E-state index in [0.29, 0.717) is 0 Å². The maximum Gasteiger partial charge on any atom is 0.191 e. The fourth-order valence-electron chi connectivity index (χ4n) is 2.04. The van der Waals surface area contributed by atoms with Gasteiger partial charge in [0, 0.05) is 39.9 Å². The molecular formula is C16H25N5OS. The van der Waals surface area contributed by atoms with Crippen molar-refractivity contribution in [3.05, 3.63) is 24.3 Å². The van der Waals surface area contributed by atoms with Gasteiger partial charge in [0.15, 0.2) is 11.1 Å². The topological polar surface area (TPSA) is 70.6 Å². The average molecular weight is 335 g/mol. The first-order chi connectivity index (χ1) is 11.3. The summed E-state index contributed by atoms with van der Waals surface area (Å²) in [6.45, 7) is 5.97. The summed E-state index contributed by atoms with van der Waals surface area (Å²) in [6, 6.07) is 8.16. The van der Waals surface area contributed by atoms with Crippen LogP contribution in [0.2, 0.25) is 0 Å². The van der Waals surface area contributed by atoms with E-state index in [1.165, 1.54) is 4.70 Å². The fourth-order valence-corrected chi connectivity index (χ4v) is 2.94. The van der Waals surface area contributed by atoms with E-state index >= 15 is 0 Å². The molecule has 0 radical (unpaired) electrons. The first-order valence-electron chi connectivity index (χ1n) is 7.95. The zero-order valence-electron chi connectivity index (χ0n) is 13.8. The van der Waals surface area contributed by atoms with Crippen LogP contribution in [0.25, 0.3) is 10.2 Å². The Morgan fingerprint density at radius 2 is 2.04 bits per heavy atom. The normalized spacial score (nSPS) is 11.7. The lowest BCUT2D eigenvalue weighted by atomic mass is 10.3. The van der Waals surface area contributed by atoms with Crippen molar-refractivity contribution in [3.8, 4) is 0 Å². The largest absolute Gasteiger partial charge is 0.382 e. The van der Waals surface area contributed by atoms with Crippen molar-refractivity contribution < 1.29 is 4.74 Å². The van der Waals surface area contributed by atoms with Gasteiger partial charge in [-0.15, -0.1) is 0 Å². The van der Waals surface area contributed by atoms with E-state index in [1.807, 2.05) is 25.1 Å². The molecule has 2 rings (SSSR count). The van der Waals surface area contributed by atoms with Gasteiger partial charge >= 0.3 is 0 Å². The molecule has 0 atom stereocenters. The third kappa shape index (κ3) is 6.03. The summed E-state index contributed by atoms with van der Waals surface area (Å²) < 4.78 is 6.51. The molecule has 0 fully saturated rings. The van der Waals surface area contributed by atoms with Gasteiger partial charge in [-0.1, -0.05) is 23.5 Å². The summed E-state index contributed by atoms with van der Waals surface area (Å²) in [4.78, 5) is 8.75. The van der Waals surface area contributed by atoms with Crippen LogP contribution in [0.1, 0.15) is 13.3 Å². The maximum atomic E-state index is 5.31. The number of hydrogen-bond acceptors (Lipinski definition) is 5. The molecule has 0 aliphatic rings. The molecule has 3 N–H and O–H groups in total. The van der Waals surface area contributed by atoms with Crippen LogP contribution in [0.3, 0.4) is 0 Å². The number of aliphatic imine (C=N–C) groups is 1. The van der Waals surface area contributed by atoms with Gasteiger partial charge in [0.1, 0.15) is 0 Å². The first kappa shape index (κ1) is 17.5. The summed E-state index contributed by atoms with van der Waals surface area (Å²) in [7, 11) is 1.78. The molecule has 0 unspecified atom stereocenters. The molecule has 0 bridgehead atoms. The first-order valence-corrected chi connectivity index (χ1v) is 8.77. The summed E-state index contributed by atoms with van der Waals surface area (Å²) >= 11 is 1.67. The molecule has 6 nitrogen and oxygen atoms in total. The second kappa shape index (κ2) is 10.0. The minimum atomic E-state index is 0.768. The molecule has 1 heterocycles. The zero-order chi connectivity index (χ0) is 16.3. The Kier molecular flexibility index (Phi) is 7.62. The second-order valence-corrected chi connectivity index (χ2v) is 5.92. The van der Waals surface area contributed by atoms with Crippen LogP contribution in [0.4, 0.5) is 5.13 Å². The number of thiazole rings is 1. The molecule has 1 aromatic carbocycles. The van der Waals surface area contributed by atoms with Crippen LogP contribution in [0, 0.1) is 0 Å². The molecule has 0 spiro atoms. The van der Waals surface area contributed by atoms with Crippen molar-refractivity contribution in [2.24, 2.45) is 4.99 Å². The van der Waals surface area contributed by atoms with E-state index < -0.39 is 0 Å². The highest BCUT2D eigenvalue weighted by Crippen LogP contribution is 2.24. The van der Waals surface area contributed by atoms with Gasteiger partial charge in [-0.3, -0.25) is 4.99 Å². The predicted molar refractivity (Wildman–Crippen MR) is 98.6 cm³/mol. The van der Waals surface area contributed by atoms with Crippen molar-refractivity contribution in [1.82, 2.24) is 15.6 Å². The predicted octanol–water partition coefficient (Wildman–Crippen LogP) is 2.30. The summed E-state index contributed by atoms with van der Waals surface area (Å²) in [5.41, 5.74) is 1.04. The second-order valence-electron chi connectivity index (χ2n) is 4.89. The van der Waals surface area contributed by atoms with Crippen molar-refractivity contribution in [2.45, 2.75) is 13.3 Å². The number of nitrogens with zero attached hydrogens (tertiary/aromatic N) is 2. The monoisotopic (exact) mass is 335 g/mol. The number of fused-ring (bicyclic) bond motifs is 1. The third-order valence-corrected chi connectivity index (χ3v) is 4.17. The minimum Gasteiger partial charge on any atom is -0.382 e. The van der Waals surface area contributed by atoms with Crippen LogP contribution in [0.5, 0.6) is 0 Å². The third-order valence-electron chi connectivity index (χ3n) is 3.17. The Hall–Kier alpha value is -1.86. The molecule has 0 saturated heterocycles. The van der Waals surface area contributed by atoms with E-state index in [4.69, 9.17) is 4.74 Å². The summed E-state index contributed by atoms with van der Waals surface area (Å²) in [6.07, 6.45) is 0.971. The summed E-state index contributed by atoms with van der Waals surface area (Å²) in [5, 5.41) is 10.8. The molecular weight excluding hydrogens is 310 g/mol. The van der Waals surface area contributed by atoms with Gasteiger partial charge < -0.3 is 20.7 Å². The highest BCUT2D eigenvalue weighted by atomic mass is 32.1. The number of hydrogen-bond donors (Lipinski definition) is 3. The Bertz CT molecular complexity index is 580. The lowest BCUT2D eigenvalue weighted by Crippen LogP contribution is -2.40. The lowest BCUT2D eigenvalue weighted by Gasteiger charge is -2.12. The van der Waals surface area contributed by atoms with Crippen LogP contribution >= 0.6 is 11.3 Å². The van der Waals surface area contributed by atoms with Crippen LogP contribution in [-0.2, 0) is 4.74 Å². The Labute approximate surface area is 141 Å². The van der Waals surface area contributed by atoms with E-state index in [2.05, 4.69) is 32.0 Å². The van der Waals surface area contributed by atoms with Gasteiger partial charge in [0.25, 0.3) is 0 Å². The molecule has 7 heteroatoms. The molecule has 126 valence electrons. The van der Waals surface area contributed by atoms with Gasteiger partial charge in [-0.05, 0) is 25.5 Å². The number of aromatic nitrogens is 1. The SMILES string of the molecule is CCOCCCNC(=NC)NCCNc1nc2ccccc2s1. The fraction of sp³-hybridized carbons (Fsp3) is 0.500. The van der Waals surface area contributed by atoms with Crippen LogP contribution in [0.15, 0.2) is 29.3 Å². The molecule has 23 heavy (non-hydrogen) atoms. The number of nitrogens with one attached hydrogen (secondary N) is 3. The molecule has 0 saturated carbocycles. The number of para-hydroxylation sites is 1. The van der Waals surface area contributed by atoms with E-state index in [0.717, 1.165) is 55.9 Å². The average Bonchev–Trinajstić information content (AvgIpc) is 2.99. The number of anilines is 1. The van der Waals surface area contributed by atoms with Crippen molar-refractivity contribution in [1.29, 1.82) is 0 Å².